The van der Waals surface area contributed by atoms with Crippen LogP contribution in [0.1, 0.15) is 22.3 Å². The van der Waals surface area contributed by atoms with E-state index < -0.39 is 5.41 Å². The molecule has 1 heterocycles. The minimum Gasteiger partial charge on any atom is -0.309 e. The van der Waals surface area contributed by atoms with Crippen LogP contribution in [0.15, 0.2) is 249 Å². The zero-order valence-corrected chi connectivity index (χ0v) is 36.3. The van der Waals surface area contributed by atoms with Crippen molar-refractivity contribution in [2.24, 2.45) is 0 Å². The summed E-state index contributed by atoms with van der Waals surface area (Å²) >= 11 is 1.87. The average Bonchev–Trinajstić information content (AvgIpc) is 3.92. The van der Waals surface area contributed by atoms with Crippen molar-refractivity contribution in [3.8, 4) is 33.4 Å². The molecule has 0 atom stereocenters. The molecule has 12 aromatic rings. The lowest BCUT2D eigenvalue weighted by Crippen LogP contribution is -2.28. The molecule has 0 N–H and O–H groups in total. The van der Waals surface area contributed by atoms with E-state index in [9.17, 15) is 0 Å². The zero-order valence-electron chi connectivity index (χ0n) is 35.5. The molecule has 65 heavy (non-hydrogen) atoms. The largest absolute Gasteiger partial charge is 0.309 e. The second-order valence-corrected chi connectivity index (χ2v) is 18.2. The lowest BCUT2D eigenvalue weighted by Gasteiger charge is -2.35. The van der Waals surface area contributed by atoms with Gasteiger partial charge in [-0.2, -0.15) is 0 Å². The molecule has 0 saturated carbocycles. The van der Waals surface area contributed by atoms with Gasteiger partial charge in [-0.3, -0.25) is 0 Å². The highest BCUT2D eigenvalue weighted by atomic mass is 32.1. The van der Waals surface area contributed by atoms with E-state index in [1.165, 1.54) is 91.8 Å². The molecule has 0 radical (unpaired) electrons. The van der Waals surface area contributed by atoms with Gasteiger partial charge in [0.15, 0.2) is 0 Å². The molecule has 0 amide bonds. The summed E-state index contributed by atoms with van der Waals surface area (Å²) in [4.78, 5) is 2.61. The molecule has 13 rings (SSSR count). The van der Waals surface area contributed by atoms with Crippen molar-refractivity contribution in [3.63, 3.8) is 0 Å². The third-order valence-corrected chi connectivity index (χ3v) is 14.9. The van der Waals surface area contributed by atoms with Gasteiger partial charge in [0.25, 0.3) is 0 Å². The first-order valence-electron chi connectivity index (χ1n) is 22.4. The van der Waals surface area contributed by atoms with Gasteiger partial charge >= 0.3 is 0 Å². The van der Waals surface area contributed by atoms with Crippen molar-refractivity contribution in [1.82, 2.24) is 0 Å². The Kier molecular flexibility index (Phi) is 8.69. The Hall–Kier alpha value is -8.04. The Morgan fingerprint density at radius 2 is 0.908 bits per heavy atom. The van der Waals surface area contributed by atoms with Crippen molar-refractivity contribution in [1.29, 1.82) is 0 Å². The summed E-state index contributed by atoms with van der Waals surface area (Å²) in [7, 11) is 0. The second kappa shape index (κ2) is 15.1. The maximum atomic E-state index is 2.61. The standard InChI is InChI=1S/C63H41NS/c1-4-20-42(21-5-1)48-39-38-44(53-40-43-22-10-11-27-47(43)49-28-12-13-29-50(49)53)41-58(48)64(57-35-19-37-60-62(57)52-31-15-17-36-59(52)65-60)56-34-18-33-55-61(56)51-30-14-16-32-54(51)63(55,45-23-6-2-7-24-45)46-25-8-3-9-26-46/h1-41H. The third kappa shape index (κ3) is 5.71. The summed E-state index contributed by atoms with van der Waals surface area (Å²) in [5.41, 5.74) is 15.1. The lowest BCUT2D eigenvalue weighted by atomic mass is 9.68. The van der Waals surface area contributed by atoms with Crippen LogP contribution in [-0.2, 0) is 5.41 Å². The van der Waals surface area contributed by atoms with Crippen LogP contribution in [0.3, 0.4) is 0 Å². The summed E-state index contributed by atoms with van der Waals surface area (Å²) in [6.07, 6.45) is 0. The predicted octanol–water partition coefficient (Wildman–Crippen LogP) is 17.5. The topological polar surface area (TPSA) is 3.24 Å². The normalized spacial score (nSPS) is 12.7. The quantitative estimate of drug-likeness (QED) is 0.145. The van der Waals surface area contributed by atoms with Crippen LogP contribution in [0.4, 0.5) is 17.1 Å². The van der Waals surface area contributed by atoms with E-state index in [1.54, 1.807) is 0 Å². The summed E-state index contributed by atoms with van der Waals surface area (Å²) < 4.78 is 2.55. The van der Waals surface area contributed by atoms with Crippen molar-refractivity contribution < 1.29 is 0 Å². The maximum Gasteiger partial charge on any atom is 0.0714 e. The van der Waals surface area contributed by atoms with E-state index in [1.807, 2.05) is 11.3 Å². The fourth-order valence-electron chi connectivity index (χ4n) is 11.0. The average molecular weight is 844 g/mol. The molecule has 1 aliphatic carbocycles. The van der Waals surface area contributed by atoms with E-state index in [0.29, 0.717) is 0 Å². The lowest BCUT2D eigenvalue weighted by molar-refractivity contribution is 0.768. The molecule has 0 unspecified atom stereocenters. The Bertz CT molecular complexity index is 3730. The summed E-state index contributed by atoms with van der Waals surface area (Å²) in [6.45, 7) is 0. The smallest absolute Gasteiger partial charge is 0.0714 e. The van der Waals surface area contributed by atoms with Crippen LogP contribution in [-0.4, -0.2) is 0 Å². The fraction of sp³-hybridized carbons (Fsp3) is 0.0159. The minimum absolute atomic E-state index is 0.550. The van der Waals surface area contributed by atoms with E-state index in [2.05, 4.69) is 254 Å². The molecule has 304 valence electrons. The van der Waals surface area contributed by atoms with Gasteiger partial charge in [-0.1, -0.05) is 212 Å². The summed E-state index contributed by atoms with van der Waals surface area (Å²) in [5, 5.41) is 7.53. The third-order valence-electron chi connectivity index (χ3n) is 13.7. The summed E-state index contributed by atoms with van der Waals surface area (Å²) in [6, 6.07) is 92.4. The molecule has 1 nitrogen and oxygen atoms in total. The molecular weight excluding hydrogens is 803 g/mol. The van der Waals surface area contributed by atoms with Crippen molar-refractivity contribution in [2.75, 3.05) is 4.90 Å². The molecule has 0 bridgehead atoms. The molecule has 0 fully saturated rings. The Labute approximate surface area is 382 Å². The number of hydrogen-bond acceptors (Lipinski definition) is 2. The highest BCUT2D eigenvalue weighted by molar-refractivity contribution is 7.26. The molecule has 1 aromatic heterocycles. The SMILES string of the molecule is c1ccc(-c2ccc(-c3cc4ccccc4c4ccccc34)cc2N(c2cccc3c2-c2ccccc2C3(c2ccccc2)c2ccccc2)c2cccc3sc4ccccc4c23)cc1. The van der Waals surface area contributed by atoms with Gasteiger partial charge in [0.2, 0.25) is 0 Å². The number of anilines is 3. The summed E-state index contributed by atoms with van der Waals surface area (Å²) in [5.74, 6) is 0. The number of benzene rings is 11. The Morgan fingerprint density at radius 1 is 0.323 bits per heavy atom. The maximum absolute atomic E-state index is 2.61. The van der Waals surface area contributed by atoms with Crippen molar-refractivity contribution in [2.45, 2.75) is 5.41 Å². The van der Waals surface area contributed by atoms with E-state index >= 15 is 0 Å². The first-order valence-corrected chi connectivity index (χ1v) is 23.2. The predicted molar refractivity (Wildman–Crippen MR) is 277 cm³/mol. The molecule has 0 spiro atoms. The molecule has 2 heteroatoms. The van der Waals surface area contributed by atoms with Gasteiger partial charge in [-0.05, 0) is 102 Å². The van der Waals surface area contributed by atoms with E-state index in [0.717, 1.165) is 22.6 Å². The molecular formula is C63H41NS. The number of nitrogens with zero attached hydrogens (tertiary/aromatic N) is 1. The Balaban J connectivity index is 1.18. The minimum atomic E-state index is -0.550. The first-order chi connectivity index (χ1) is 32.3. The van der Waals surface area contributed by atoms with Gasteiger partial charge in [0.1, 0.15) is 0 Å². The highest BCUT2D eigenvalue weighted by Gasteiger charge is 2.47. The second-order valence-electron chi connectivity index (χ2n) is 17.1. The number of thiophene rings is 1. The fourth-order valence-corrected chi connectivity index (χ4v) is 12.2. The molecule has 0 aliphatic heterocycles. The molecule has 0 saturated heterocycles. The van der Waals surface area contributed by atoms with Crippen LogP contribution in [0.2, 0.25) is 0 Å². The van der Waals surface area contributed by atoms with Crippen LogP contribution < -0.4 is 4.90 Å². The van der Waals surface area contributed by atoms with Gasteiger partial charge in [0.05, 0.1) is 22.5 Å². The van der Waals surface area contributed by atoms with Crippen LogP contribution >= 0.6 is 11.3 Å². The number of fused-ring (bicyclic) bond motifs is 9. The van der Waals surface area contributed by atoms with Crippen LogP contribution in [0, 0.1) is 0 Å². The van der Waals surface area contributed by atoms with Crippen molar-refractivity contribution in [3.05, 3.63) is 271 Å². The van der Waals surface area contributed by atoms with Gasteiger partial charge < -0.3 is 4.90 Å². The van der Waals surface area contributed by atoms with Crippen LogP contribution in [0.5, 0.6) is 0 Å². The molecule has 11 aromatic carbocycles. The zero-order chi connectivity index (χ0) is 42.9. The number of rotatable bonds is 7. The van der Waals surface area contributed by atoms with Crippen molar-refractivity contribution >= 4 is 70.1 Å². The van der Waals surface area contributed by atoms with Gasteiger partial charge in [-0.15, -0.1) is 11.3 Å². The highest BCUT2D eigenvalue weighted by Crippen LogP contribution is 2.60. The first kappa shape index (κ1) is 37.5. The van der Waals surface area contributed by atoms with Gasteiger partial charge in [-0.25, -0.2) is 0 Å². The Morgan fingerprint density at radius 3 is 1.69 bits per heavy atom. The van der Waals surface area contributed by atoms with E-state index in [4.69, 9.17) is 0 Å². The van der Waals surface area contributed by atoms with Crippen LogP contribution in [0.25, 0.3) is 75.1 Å². The van der Waals surface area contributed by atoms with Gasteiger partial charge in [0, 0.05) is 31.3 Å². The van der Waals surface area contributed by atoms with E-state index in [-0.39, 0.29) is 0 Å². The molecule has 1 aliphatic rings. The number of hydrogen-bond donors (Lipinski definition) is 0. The monoisotopic (exact) mass is 843 g/mol.